The predicted octanol–water partition coefficient (Wildman–Crippen LogP) is 4.55. The number of nitrogens with zero attached hydrogens (tertiary/aromatic N) is 2. The van der Waals surface area contributed by atoms with Crippen molar-refractivity contribution in [1.29, 1.82) is 0 Å². The van der Waals surface area contributed by atoms with E-state index >= 15 is 0 Å². The van der Waals surface area contributed by atoms with Gasteiger partial charge in [0.15, 0.2) is 8.68 Å². The molecular formula is C16H19N3OS3. The molecule has 1 amide bonds. The number of carbonyl (C=O) groups excluding carboxylic acids is 1. The molecule has 2 aromatic rings. The number of aryl methyl sites for hydroxylation is 2. The molecular weight excluding hydrogens is 346 g/mol. The summed E-state index contributed by atoms with van der Waals surface area (Å²) in [6, 6.07) is 5.97. The molecule has 7 heteroatoms. The van der Waals surface area contributed by atoms with E-state index in [2.05, 4.69) is 22.1 Å². The van der Waals surface area contributed by atoms with Crippen LogP contribution in [-0.4, -0.2) is 27.6 Å². The third-order valence-corrected chi connectivity index (χ3v) is 6.32. The number of hydrogen-bond donors (Lipinski definition) is 1. The van der Waals surface area contributed by atoms with E-state index in [9.17, 15) is 4.79 Å². The Balaban J connectivity index is 1.86. The molecule has 0 atom stereocenters. The normalized spacial score (nSPS) is 10.6. The van der Waals surface area contributed by atoms with E-state index in [4.69, 9.17) is 0 Å². The number of rotatable bonds is 7. The largest absolute Gasteiger partial charge is 0.325 e. The van der Waals surface area contributed by atoms with Gasteiger partial charge in [0, 0.05) is 11.4 Å². The van der Waals surface area contributed by atoms with Crippen LogP contribution in [0.25, 0.3) is 0 Å². The minimum absolute atomic E-state index is 0.0289. The lowest BCUT2D eigenvalue weighted by molar-refractivity contribution is -0.113. The minimum Gasteiger partial charge on any atom is -0.325 e. The van der Waals surface area contributed by atoms with E-state index in [1.165, 1.54) is 23.1 Å². The lowest BCUT2D eigenvalue weighted by Crippen LogP contribution is -2.15. The Kier molecular flexibility index (Phi) is 6.68. The molecule has 1 heterocycles. The Morgan fingerprint density at radius 2 is 1.74 bits per heavy atom. The van der Waals surface area contributed by atoms with E-state index < -0.39 is 0 Å². The summed E-state index contributed by atoms with van der Waals surface area (Å²) in [6.07, 6.45) is 0. The summed E-state index contributed by atoms with van der Waals surface area (Å²) >= 11 is 4.55. The Labute approximate surface area is 149 Å². The molecule has 0 bridgehead atoms. The van der Waals surface area contributed by atoms with Crippen LogP contribution in [0.4, 0.5) is 5.69 Å². The third kappa shape index (κ3) is 5.67. The first-order valence-corrected chi connectivity index (χ1v) is 9.84. The van der Waals surface area contributed by atoms with Gasteiger partial charge in [-0.2, -0.15) is 0 Å². The van der Waals surface area contributed by atoms with Gasteiger partial charge in [-0.1, -0.05) is 65.2 Å². The van der Waals surface area contributed by atoms with Gasteiger partial charge in [-0.25, -0.2) is 0 Å². The number of para-hydroxylation sites is 1. The first-order valence-electron chi connectivity index (χ1n) is 7.05. The summed E-state index contributed by atoms with van der Waals surface area (Å²) in [5.74, 6) is 1.14. The number of anilines is 1. The zero-order chi connectivity index (χ0) is 16.8. The topological polar surface area (TPSA) is 54.9 Å². The molecule has 1 aromatic heterocycles. The lowest BCUT2D eigenvalue weighted by Gasteiger charge is -2.10. The molecule has 0 spiro atoms. The maximum absolute atomic E-state index is 12.1. The molecule has 23 heavy (non-hydrogen) atoms. The molecule has 122 valence electrons. The van der Waals surface area contributed by atoms with Gasteiger partial charge in [-0.05, 0) is 31.9 Å². The quantitative estimate of drug-likeness (QED) is 0.576. The molecule has 1 aromatic carbocycles. The van der Waals surface area contributed by atoms with Gasteiger partial charge in [0.1, 0.15) is 0 Å². The fraction of sp³-hybridized carbons (Fsp3) is 0.312. The first-order chi connectivity index (χ1) is 11.0. The maximum Gasteiger partial charge on any atom is 0.234 e. The average molecular weight is 366 g/mol. The molecule has 0 fully saturated rings. The van der Waals surface area contributed by atoms with Gasteiger partial charge < -0.3 is 5.32 Å². The second-order valence-corrected chi connectivity index (χ2v) is 8.61. The van der Waals surface area contributed by atoms with Crippen LogP contribution in [0.3, 0.4) is 0 Å². The molecule has 0 saturated carbocycles. The Hall–Kier alpha value is -1.31. The van der Waals surface area contributed by atoms with Gasteiger partial charge in [0.05, 0.1) is 5.75 Å². The van der Waals surface area contributed by atoms with Crippen LogP contribution >= 0.6 is 34.9 Å². The van der Waals surface area contributed by atoms with Gasteiger partial charge >= 0.3 is 0 Å². The SMILES string of the molecule is C=C(C)CSc1nnc(SCC(=O)Nc2c(C)cccc2C)s1. The maximum atomic E-state index is 12.1. The van der Waals surface area contributed by atoms with Gasteiger partial charge in [0.2, 0.25) is 5.91 Å². The summed E-state index contributed by atoms with van der Waals surface area (Å²) in [6.45, 7) is 9.84. The molecule has 0 aliphatic heterocycles. The van der Waals surface area contributed by atoms with Crippen LogP contribution < -0.4 is 5.32 Å². The van der Waals surface area contributed by atoms with Gasteiger partial charge in [-0.3, -0.25) is 4.79 Å². The molecule has 0 aliphatic carbocycles. The highest BCUT2D eigenvalue weighted by atomic mass is 32.2. The number of nitrogens with one attached hydrogen (secondary N) is 1. The summed E-state index contributed by atoms with van der Waals surface area (Å²) < 4.78 is 1.72. The Morgan fingerprint density at radius 3 is 2.30 bits per heavy atom. The van der Waals surface area contributed by atoms with Crippen molar-refractivity contribution in [2.45, 2.75) is 29.5 Å². The number of hydrogen-bond acceptors (Lipinski definition) is 6. The standard InChI is InChI=1S/C16H19N3OS3/c1-10(2)8-21-15-18-19-16(23-15)22-9-13(20)17-14-11(3)6-5-7-12(14)4/h5-7H,1,8-9H2,2-4H3,(H,17,20). The van der Waals surface area contributed by atoms with Gasteiger partial charge in [0.25, 0.3) is 0 Å². The van der Waals surface area contributed by atoms with Crippen LogP contribution in [-0.2, 0) is 4.79 Å². The zero-order valence-corrected chi connectivity index (χ0v) is 15.8. The van der Waals surface area contributed by atoms with E-state index in [1.807, 2.05) is 39.0 Å². The van der Waals surface area contributed by atoms with Crippen LogP contribution in [0.15, 0.2) is 39.0 Å². The van der Waals surface area contributed by atoms with E-state index in [0.717, 1.165) is 36.8 Å². The lowest BCUT2D eigenvalue weighted by atomic mass is 10.1. The fourth-order valence-corrected chi connectivity index (χ4v) is 4.48. The number of aromatic nitrogens is 2. The number of carbonyl (C=O) groups is 1. The highest BCUT2D eigenvalue weighted by Crippen LogP contribution is 2.29. The highest BCUT2D eigenvalue weighted by Gasteiger charge is 2.11. The van der Waals surface area contributed by atoms with Crippen molar-refractivity contribution in [2.75, 3.05) is 16.8 Å². The van der Waals surface area contributed by atoms with Crippen molar-refractivity contribution in [2.24, 2.45) is 0 Å². The second kappa shape index (κ2) is 8.52. The van der Waals surface area contributed by atoms with Crippen molar-refractivity contribution < 1.29 is 4.79 Å². The Morgan fingerprint density at radius 1 is 1.17 bits per heavy atom. The molecule has 4 nitrogen and oxygen atoms in total. The van der Waals surface area contributed by atoms with Crippen LogP contribution in [0.1, 0.15) is 18.1 Å². The Bertz CT molecular complexity index is 692. The molecule has 2 rings (SSSR count). The summed E-state index contributed by atoms with van der Waals surface area (Å²) in [4.78, 5) is 12.1. The van der Waals surface area contributed by atoms with Crippen molar-refractivity contribution in [3.05, 3.63) is 41.5 Å². The van der Waals surface area contributed by atoms with Crippen molar-refractivity contribution in [1.82, 2.24) is 10.2 Å². The highest BCUT2D eigenvalue weighted by molar-refractivity contribution is 8.03. The summed E-state index contributed by atoms with van der Waals surface area (Å²) in [7, 11) is 0. The van der Waals surface area contributed by atoms with Crippen molar-refractivity contribution in [3.63, 3.8) is 0 Å². The summed E-state index contributed by atoms with van der Waals surface area (Å²) in [5, 5.41) is 11.2. The number of thioether (sulfide) groups is 2. The predicted molar refractivity (Wildman–Crippen MR) is 101 cm³/mol. The molecule has 0 unspecified atom stereocenters. The van der Waals surface area contributed by atoms with E-state index in [0.29, 0.717) is 5.75 Å². The number of amides is 1. The van der Waals surface area contributed by atoms with Crippen LogP contribution in [0, 0.1) is 13.8 Å². The number of benzene rings is 1. The minimum atomic E-state index is -0.0289. The fourth-order valence-electron chi connectivity index (χ4n) is 1.81. The molecule has 0 aliphatic rings. The van der Waals surface area contributed by atoms with Crippen LogP contribution in [0.5, 0.6) is 0 Å². The van der Waals surface area contributed by atoms with E-state index in [1.54, 1.807) is 11.8 Å². The molecule has 1 N–H and O–H groups in total. The summed E-state index contributed by atoms with van der Waals surface area (Å²) in [5.41, 5.74) is 4.14. The first kappa shape index (κ1) is 18.0. The molecule has 0 radical (unpaired) electrons. The smallest absolute Gasteiger partial charge is 0.234 e. The molecule has 0 saturated heterocycles. The van der Waals surface area contributed by atoms with Crippen molar-refractivity contribution >= 4 is 46.5 Å². The monoisotopic (exact) mass is 365 g/mol. The third-order valence-electron chi connectivity index (χ3n) is 2.90. The van der Waals surface area contributed by atoms with Crippen molar-refractivity contribution in [3.8, 4) is 0 Å². The van der Waals surface area contributed by atoms with Gasteiger partial charge in [-0.15, -0.1) is 10.2 Å². The van der Waals surface area contributed by atoms with Crippen LogP contribution in [0.2, 0.25) is 0 Å². The zero-order valence-electron chi connectivity index (χ0n) is 13.4. The van der Waals surface area contributed by atoms with E-state index in [-0.39, 0.29) is 5.91 Å². The second-order valence-electron chi connectivity index (χ2n) is 5.18. The average Bonchev–Trinajstić information content (AvgIpc) is 2.95.